The fourth-order valence-corrected chi connectivity index (χ4v) is 3.85. The first-order valence-electron chi connectivity index (χ1n) is 7.81. The van der Waals surface area contributed by atoms with Gasteiger partial charge in [-0.3, -0.25) is 9.29 Å². The van der Waals surface area contributed by atoms with Gasteiger partial charge in [0.15, 0.2) is 0 Å². The Labute approximate surface area is 153 Å². The van der Waals surface area contributed by atoms with Gasteiger partial charge in [-0.1, -0.05) is 18.2 Å². The van der Waals surface area contributed by atoms with Crippen LogP contribution in [0.3, 0.4) is 0 Å². The van der Waals surface area contributed by atoms with Gasteiger partial charge in [0.25, 0.3) is 15.9 Å². The van der Waals surface area contributed by atoms with Crippen molar-refractivity contribution in [2.75, 3.05) is 4.31 Å². The summed E-state index contributed by atoms with van der Waals surface area (Å²) in [7, 11) is -3.62. The molecule has 0 amide bonds. The largest absolute Gasteiger partial charge is 0.415 e. The third-order valence-corrected chi connectivity index (χ3v) is 5.36. The van der Waals surface area contributed by atoms with Gasteiger partial charge in [0, 0.05) is 6.20 Å². The van der Waals surface area contributed by atoms with Crippen molar-refractivity contribution in [3.63, 3.8) is 0 Å². The molecule has 0 spiro atoms. The molecule has 7 nitrogen and oxygen atoms in total. The molecule has 10 heteroatoms. The number of anilines is 1. The molecule has 27 heavy (non-hydrogen) atoms. The van der Waals surface area contributed by atoms with Crippen LogP contribution in [0.1, 0.15) is 23.6 Å². The van der Waals surface area contributed by atoms with E-state index in [0.29, 0.717) is 16.9 Å². The van der Waals surface area contributed by atoms with Crippen LogP contribution < -0.4 is 4.31 Å². The average molecular weight is 390 g/mol. The lowest BCUT2D eigenvalue weighted by atomic mass is 10.1. The average Bonchev–Trinajstić information content (AvgIpc) is 3.15. The second-order valence-corrected chi connectivity index (χ2v) is 7.44. The first kappa shape index (κ1) is 17.3. The zero-order chi connectivity index (χ0) is 19.0. The molecule has 0 aliphatic carbocycles. The number of sulfonamides is 1. The Morgan fingerprint density at radius 2 is 1.93 bits per heavy atom. The topological polar surface area (TPSA) is 89.2 Å². The maximum absolute atomic E-state index is 12.5. The van der Waals surface area contributed by atoms with Gasteiger partial charge in [-0.25, -0.2) is 8.42 Å². The Kier molecular flexibility index (Phi) is 4.19. The Balaban J connectivity index is 1.60. The van der Waals surface area contributed by atoms with E-state index in [0.717, 1.165) is 11.0 Å². The summed E-state index contributed by atoms with van der Waals surface area (Å²) in [5.74, 6) is -0.847. The monoisotopic (exact) mass is 390 g/mol. The van der Waals surface area contributed by atoms with E-state index >= 15 is 0 Å². The van der Waals surface area contributed by atoms with E-state index in [9.17, 15) is 17.2 Å². The number of pyridine rings is 1. The van der Waals surface area contributed by atoms with Crippen molar-refractivity contribution in [2.45, 2.75) is 13.0 Å². The number of rotatable bonds is 4. The van der Waals surface area contributed by atoms with Gasteiger partial charge < -0.3 is 4.42 Å². The summed E-state index contributed by atoms with van der Waals surface area (Å²) >= 11 is 0. The number of fused-ring (bicyclic) bond motifs is 1. The zero-order valence-electron chi connectivity index (χ0n) is 13.7. The summed E-state index contributed by atoms with van der Waals surface area (Å²) in [5, 5.41) is 7.96. The van der Waals surface area contributed by atoms with Crippen molar-refractivity contribution in [1.82, 2.24) is 15.2 Å². The number of benzene rings is 1. The molecule has 0 fully saturated rings. The van der Waals surface area contributed by atoms with E-state index in [4.69, 9.17) is 4.42 Å². The molecule has 1 aliphatic rings. The summed E-state index contributed by atoms with van der Waals surface area (Å²) in [6.07, 6.45) is 0.0699. The van der Waals surface area contributed by atoms with Gasteiger partial charge in [-0.05, 0) is 29.8 Å². The smallest absolute Gasteiger partial charge is 0.314 e. The molecule has 0 unspecified atom stereocenters. The summed E-state index contributed by atoms with van der Waals surface area (Å²) in [5.41, 5.74) is 2.18. The number of nitrogens with zero attached hydrogens (tertiary/aromatic N) is 4. The summed E-state index contributed by atoms with van der Waals surface area (Å²) in [6, 6.07) is 10.3. The minimum absolute atomic E-state index is 0.0239. The molecule has 0 bridgehead atoms. The van der Waals surface area contributed by atoms with E-state index < -0.39 is 22.3 Å². The van der Waals surface area contributed by atoms with Gasteiger partial charge in [0.2, 0.25) is 5.89 Å². The SMILES string of the molecule is O=S1(=O)C=Cc2ccccc2N1Cc1ccc(-c2nnc(C(F)F)o2)cn1. The quantitative estimate of drug-likeness (QED) is 0.678. The first-order chi connectivity index (χ1) is 12.9. The number of hydrogen-bond acceptors (Lipinski definition) is 6. The molecule has 0 saturated heterocycles. The van der Waals surface area contributed by atoms with Crippen molar-refractivity contribution >= 4 is 21.8 Å². The van der Waals surface area contributed by atoms with Gasteiger partial charge in [-0.2, -0.15) is 8.78 Å². The first-order valence-corrected chi connectivity index (χ1v) is 9.31. The van der Waals surface area contributed by atoms with Crippen molar-refractivity contribution in [3.8, 4) is 11.5 Å². The number of aromatic nitrogens is 3. The minimum Gasteiger partial charge on any atom is -0.415 e. The standard InChI is InChI=1S/C17H12F2N4O3S/c18-15(19)17-22-21-16(26-17)12-5-6-13(20-9-12)10-23-14-4-2-1-3-11(14)7-8-27(23,24)25/h1-9,15H,10H2. The highest BCUT2D eigenvalue weighted by atomic mass is 32.2. The third-order valence-electron chi connectivity index (χ3n) is 3.94. The molecule has 0 radical (unpaired) electrons. The number of para-hydroxylation sites is 1. The second-order valence-electron chi connectivity index (χ2n) is 5.70. The van der Waals surface area contributed by atoms with Crippen LogP contribution in [-0.2, 0) is 16.6 Å². The highest BCUT2D eigenvalue weighted by Crippen LogP contribution is 2.31. The second kappa shape index (κ2) is 6.54. The van der Waals surface area contributed by atoms with Crippen molar-refractivity contribution < 1.29 is 21.6 Å². The summed E-state index contributed by atoms with van der Waals surface area (Å²) < 4.78 is 56.0. The predicted octanol–water partition coefficient (Wildman–Crippen LogP) is 3.39. The van der Waals surface area contributed by atoms with Crippen LogP contribution in [-0.4, -0.2) is 23.6 Å². The Bertz CT molecular complexity index is 1110. The van der Waals surface area contributed by atoms with Gasteiger partial charge >= 0.3 is 6.43 Å². The molecule has 1 aromatic carbocycles. The molecule has 2 aromatic heterocycles. The fourth-order valence-electron chi connectivity index (χ4n) is 2.63. The van der Waals surface area contributed by atoms with E-state index in [-0.39, 0.29) is 12.4 Å². The molecule has 0 N–H and O–H groups in total. The van der Waals surface area contributed by atoms with E-state index in [1.54, 1.807) is 30.3 Å². The number of halogens is 2. The van der Waals surface area contributed by atoms with Crippen LogP contribution in [0.25, 0.3) is 17.5 Å². The lowest BCUT2D eigenvalue weighted by Crippen LogP contribution is -2.31. The van der Waals surface area contributed by atoms with Crippen LogP contribution in [0.4, 0.5) is 14.5 Å². The highest BCUT2D eigenvalue weighted by Gasteiger charge is 2.26. The molecule has 0 atom stereocenters. The van der Waals surface area contributed by atoms with Crippen LogP contribution in [0, 0.1) is 0 Å². The number of alkyl halides is 2. The fraction of sp³-hybridized carbons (Fsp3) is 0.118. The van der Waals surface area contributed by atoms with Gasteiger partial charge in [0.05, 0.1) is 28.9 Å². The highest BCUT2D eigenvalue weighted by molar-refractivity contribution is 7.95. The van der Waals surface area contributed by atoms with Crippen LogP contribution in [0.5, 0.6) is 0 Å². The lowest BCUT2D eigenvalue weighted by molar-refractivity contribution is 0.116. The van der Waals surface area contributed by atoms with Crippen molar-refractivity contribution in [2.24, 2.45) is 0 Å². The van der Waals surface area contributed by atoms with Crippen LogP contribution in [0.15, 0.2) is 52.4 Å². The van der Waals surface area contributed by atoms with E-state index in [2.05, 4.69) is 15.2 Å². The molecule has 0 saturated carbocycles. The third kappa shape index (κ3) is 3.31. The molecule has 1 aliphatic heterocycles. The molecule has 4 rings (SSSR count). The Morgan fingerprint density at radius 3 is 2.63 bits per heavy atom. The van der Waals surface area contributed by atoms with Gasteiger partial charge in [-0.15, -0.1) is 10.2 Å². The maximum atomic E-state index is 12.5. The summed E-state index contributed by atoms with van der Waals surface area (Å²) in [6.45, 7) is 0.0239. The molecule has 138 valence electrons. The van der Waals surface area contributed by atoms with E-state index in [1.807, 2.05) is 12.1 Å². The van der Waals surface area contributed by atoms with Crippen molar-refractivity contribution in [1.29, 1.82) is 0 Å². The minimum atomic E-state index is -3.62. The molecule has 3 heterocycles. The lowest BCUT2D eigenvalue weighted by Gasteiger charge is -2.26. The zero-order valence-corrected chi connectivity index (χ0v) is 14.5. The molecular weight excluding hydrogens is 378 g/mol. The van der Waals surface area contributed by atoms with Gasteiger partial charge in [0.1, 0.15) is 0 Å². The van der Waals surface area contributed by atoms with E-state index in [1.165, 1.54) is 10.5 Å². The predicted molar refractivity (Wildman–Crippen MR) is 93.1 cm³/mol. The normalized spacial score (nSPS) is 15.1. The Morgan fingerprint density at radius 1 is 1.11 bits per heavy atom. The molecule has 3 aromatic rings. The number of hydrogen-bond donors (Lipinski definition) is 0. The maximum Gasteiger partial charge on any atom is 0.314 e. The van der Waals surface area contributed by atoms with Crippen molar-refractivity contribution in [3.05, 3.63) is 65.2 Å². The summed E-state index contributed by atoms with van der Waals surface area (Å²) in [4.78, 5) is 4.20. The van der Waals surface area contributed by atoms with Crippen LogP contribution in [0.2, 0.25) is 0 Å². The molecular formula is C17H12F2N4O3S. The Hall–Kier alpha value is -3.14. The van der Waals surface area contributed by atoms with Crippen LogP contribution >= 0.6 is 0 Å².